The molecule has 20 heavy (non-hydrogen) atoms. The number of likely N-dealkylation sites (tertiary alicyclic amines) is 1. The van der Waals surface area contributed by atoms with Crippen LogP contribution in [0.1, 0.15) is 40.0 Å². The smallest absolute Gasteiger partial charge is 0.193 e. The lowest BCUT2D eigenvalue weighted by Crippen LogP contribution is -2.46. The Morgan fingerprint density at radius 1 is 1.30 bits per heavy atom. The minimum absolute atomic E-state index is 0. The second-order valence-corrected chi connectivity index (χ2v) is 5.94. The van der Waals surface area contributed by atoms with Gasteiger partial charge in [0.25, 0.3) is 0 Å². The Morgan fingerprint density at radius 3 is 2.50 bits per heavy atom. The molecule has 0 bridgehead atoms. The molecule has 1 aliphatic rings. The SMILES string of the molecule is CN=C(NCCOCCC(C)C)N1CCC(C)CC1.I. The molecule has 0 unspecified atom stereocenters. The summed E-state index contributed by atoms with van der Waals surface area (Å²) >= 11 is 0. The Morgan fingerprint density at radius 2 is 1.95 bits per heavy atom. The van der Waals surface area contributed by atoms with E-state index in [2.05, 4.69) is 36.0 Å². The molecule has 1 saturated heterocycles. The van der Waals surface area contributed by atoms with Gasteiger partial charge in [-0.05, 0) is 31.1 Å². The maximum atomic E-state index is 5.61. The summed E-state index contributed by atoms with van der Waals surface area (Å²) in [5.74, 6) is 2.60. The van der Waals surface area contributed by atoms with Crippen LogP contribution in [0.15, 0.2) is 4.99 Å². The fourth-order valence-electron chi connectivity index (χ4n) is 2.21. The lowest BCUT2D eigenvalue weighted by molar-refractivity contribution is 0.127. The number of rotatable bonds is 6. The summed E-state index contributed by atoms with van der Waals surface area (Å²) in [6, 6.07) is 0. The summed E-state index contributed by atoms with van der Waals surface area (Å²) in [5, 5.41) is 3.39. The monoisotopic (exact) mass is 397 g/mol. The van der Waals surface area contributed by atoms with E-state index in [1.54, 1.807) is 0 Å². The van der Waals surface area contributed by atoms with Crippen LogP contribution in [0.5, 0.6) is 0 Å². The number of nitrogens with zero attached hydrogens (tertiary/aromatic N) is 2. The molecule has 4 nitrogen and oxygen atoms in total. The zero-order valence-corrected chi connectivity index (χ0v) is 15.9. The van der Waals surface area contributed by atoms with Crippen LogP contribution in [0.2, 0.25) is 0 Å². The third kappa shape index (κ3) is 8.29. The maximum absolute atomic E-state index is 5.61. The molecule has 1 rings (SSSR count). The van der Waals surface area contributed by atoms with Crippen molar-refractivity contribution in [1.82, 2.24) is 10.2 Å². The molecular formula is C15H32IN3O. The molecule has 0 radical (unpaired) electrons. The fourth-order valence-corrected chi connectivity index (χ4v) is 2.21. The zero-order valence-electron chi connectivity index (χ0n) is 13.5. The van der Waals surface area contributed by atoms with Crippen molar-refractivity contribution in [2.75, 3.05) is 39.9 Å². The number of ether oxygens (including phenoxy) is 1. The second kappa shape index (κ2) is 11.6. The number of aliphatic imine (C=N–C) groups is 1. The highest BCUT2D eigenvalue weighted by Gasteiger charge is 2.18. The van der Waals surface area contributed by atoms with E-state index in [0.717, 1.165) is 57.1 Å². The molecule has 120 valence electrons. The second-order valence-electron chi connectivity index (χ2n) is 5.94. The van der Waals surface area contributed by atoms with Crippen LogP contribution in [0.25, 0.3) is 0 Å². The van der Waals surface area contributed by atoms with Gasteiger partial charge >= 0.3 is 0 Å². The summed E-state index contributed by atoms with van der Waals surface area (Å²) in [4.78, 5) is 6.71. The van der Waals surface area contributed by atoms with Crippen LogP contribution in [0.4, 0.5) is 0 Å². The van der Waals surface area contributed by atoms with E-state index in [9.17, 15) is 0 Å². The predicted molar refractivity (Wildman–Crippen MR) is 97.0 cm³/mol. The molecular weight excluding hydrogens is 365 g/mol. The molecule has 1 fully saturated rings. The van der Waals surface area contributed by atoms with Crippen LogP contribution in [0.3, 0.4) is 0 Å². The highest BCUT2D eigenvalue weighted by molar-refractivity contribution is 14.0. The van der Waals surface area contributed by atoms with Gasteiger partial charge in [-0.15, -0.1) is 24.0 Å². The Kier molecular flexibility index (Phi) is 11.6. The molecule has 0 amide bonds. The highest BCUT2D eigenvalue weighted by atomic mass is 127. The van der Waals surface area contributed by atoms with Gasteiger partial charge in [-0.3, -0.25) is 4.99 Å². The predicted octanol–water partition coefficient (Wildman–Crippen LogP) is 2.97. The molecule has 0 saturated carbocycles. The van der Waals surface area contributed by atoms with Gasteiger partial charge in [-0.1, -0.05) is 20.8 Å². The molecule has 0 aliphatic carbocycles. The van der Waals surface area contributed by atoms with Crippen LogP contribution >= 0.6 is 24.0 Å². The number of guanidine groups is 1. The fraction of sp³-hybridized carbons (Fsp3) is 0.933. The van der Waals surface area contributed by atoms with Crippen molar-refractivity contribution in [2.24, 2.45) is 16.8 Å². The van der Waals surface area contributed by atoms with Crippen LogP contribution in [-0.2, 0) is 4.74 Å². The first-order valence-electron chi connectivity index (χ1n) is 7.66. The van der Waals surface area contributed by atoms with E-state index in [0.29, 0.717) is 0 Å². The number of hydrogen-bond donors (Lipinski definition) is 1. The average Bonchev–Trinajstić information content (AvgIpc) is 2.39. The molecule has 1 aliphatic heterocycles. The number of hydrogen-bond acceptors (Lipinski definition) is 2. The first kappa shape index (κ1) is 20.0. The normalized spacial score (nSPS) is 17.2. The maximum Gasteiger partial charge on any atom is 0.193 e. The quantitative estimate of drug-likeness (QED) is 0.324. The van der Waals surface area contributed by atoms with Crippen molar-refractivity contribution in [3.8, 4) is 0 Å². The third-order valence-electron chi connectivity index (χ3n) is 3.66. The summed E-state index contributed by atoms with van der Waals surface area (Å²) in [7, 11) is 1.86. The largest absolute Gasteiger partial charge is 0.380 e. The molecule has 5 heteroatoms. The number of piperidine rings is 1. The first-order chi connectivity index (χ1) is 9.13. The Bertz CT molecular complexity index is 264. The van der Waals surface area contributed by atoms with Gasteiger partial charge in [-0.2, -0.15) is 0 Å². The standard InChI is InChI=1S/C15H31N3O.HI/c1-13(2)7-11-19-12-8-17-15(16-4)18-9-5-14(3)6-10-18;/h13-14H,5-12H2,1-4H3,(H,16,17);1H. The van der Waals surface area contributed by atoms with Gasteiger partial charge in [0.05, 0.1) is 6.61 Å². The third-order valence-corrected chi connectivity index (χ3v) is 3.66. The van der Waals surface area contributed by atoms with Crippen molar-refractivity contribution < 1.29 is 4.74 Å². The minimum atomic E-state index is 0. The molecule has 0 spiro atoms. The van der Waals surface area contributed by atoms with Crippen molar-refractivity contribution in [3.05, 3.63) is 0 Å². The summed E-state index contributed by atoms with van der Waals surface area (Å²) < 4.78 is 5.61. The van der Waals surface area contributed by atoms with Crippen molar-refractivity contribution in [1.29, 1.82) is 0 Å². The Balaban J connectivity index is 0.00000361. The Hall–Kier alpha value is -0.0400. The van der Waals surface area contributed by atoms with Gasteiger partial charge in [0.15, 0.2) is 5.96 Å². The Labute approximate surface area is 141 Å². The zero-order chi connectivity index (χ0) is 14.1. The van der Waals surface area contributed by atoms with Crippen LogP contribution in [0, 0.1) is 11.8 Å². The molecule has 0 atom stereocenters. The summed E-state index contributed by atoms with van der Waals surface area (Å²) in [6.07, 6.45) is 3.68. The van der Waals surface area contributed by atoms with E-state index < -0.39 is 0 Å². The van der Waals surface area contributed by atoms with Gasteiger partial charge in [-0.25, -0.2) is 0 Å². The summed E-state index contributed by atoms with van der Waals surface area (Å²) in [5.41, 5.74) is 0. The topological polar surface area (TPSA) is 36.9 Å². The minimum Gasteiger partial charge on any atom is -0.380 e. The van der Waals surface area contributed by atoms with Crippen molar-refractivity contribution in [3.63, 3.8) is 0 Å². The van der Waals surface area contributed by atoms with Crippen molar-refractivity contribution in [2.45, 2.75) is 40.0 Å². The van der Waals surface area contributed by atoms with Crippen LogP contribution in [-0.4, -0.2) is 50.8 Å². The number of nitrogens with one attached hydrogen (secondary N) is 1. The van der Waals surface area contributed by atoms with Gasteiger partial charge in [0.1, 0.15) is 0 Å². The van der Waals surface area contributed by atoms with E-state index in [1.165, 1.54) is 12.8 Å². The van der Waals surface area contributed by atoms with E-state index in [-0.39, 0.29) is 24.0 Å². The van der Waals surface area contributed by atoms with Crippen molar-refractivity contribution >= 4 is 29.9 Å². The first-order valence-corrected chi connectivity index (χ1v) is 7.66. The average molecular weight is 397 g/mol. The van der Waals surface area contributed by atoms with E-state index in [1.807, 2.05) is 7.05 Å². The van der Waals surface area contributed by atoms with Crippen LogP contribution < -0.4 is 5.32 Å². The highest BCUT2D eigenvalue weighted by Crippen LogP contribution is 2.15. The molecule has 0 aromatic heterocycles. The number of halogens is 1. The van der Waals surface area contributed by atoms with E-state index >= 15 is 0 Å². The van der Waals surface area contributed by atoms with Gasteiger partial charge in [0, 0.05) is 33.3 Å². The molecule has 1 heterocycles. The summed E-state index contributed by atoms with van der Waals surface area (Å²) in [6.45, 7) is 11.5. The molecule has 1 N–H and O–H groups in total. The lowest BCUT2D eigenvalue weighted by Gasteiger charge is -2.32. The van der Waals surface area contributed by atoms with Gasteiger partial charge in [0.2, 0.25) is 0 Å². The van der Waals surface area contributed by atoms with Gasteiger partial charge < -0.3 is 15.0 Å². The van der Waals surface area contributed by atoms with E-state index in [4.69, 9.17) is 4.74 Å². The molecule has 0 aromatic rings. The lowest BCUT2D eigenvalue weighted by atomic mass is 10.00. The molecule has 0 aromatic carbocycles.